The second kappa shape index (κ2) is 4.88. The molecule has 1 saturated heterocycles. The van der Waals surface area contributed by atoms with Crippen LogP contribution in [-0.2, 0) is 14.8 Å². The summed E-state index contributed by atoms with van der Waals surface area (Å²) in [5, 5.41) is 3.55. The van der Waals surface area contributed by atoms with E-state index in [0.717, 1.165) is 25.0 Å². The maximum absolute atomic E-state index is 11.3. The van der Waals surface area contributed by atoms with Crippen LogP contribution < -0.4 is 10.0 Å². The summed E-state index contributed by atoms with van der Waals surface area (Å²) in [4.78, 5) is 0. The molecule has 2 N–H and O–H groups in total. The second-order valence-electron chi connectivity index (χ2n) is 6.64. The van der Waals surface area contributed by atoms with Crippen molar-refractivity contribution in [1.29, 1.82) is 0 Å². The predicted molar refractivity (Wildman–Crippen MR) is 83.9 cm³/mol. The lowest BCUT2D eigenvalue weighted by Crippen LogP contribution is -2.63. The Morgan fingerprint density at radius 3 is 2.71 bits per heavy atom. The van der Waals surface area contributed by atoms with Gasteiger partial charge in [0.25, 0.3) is 0 Å². The summed E-state index contributed by atoms with van der Waals surface area (Å²) in [6.45, 7) is 5.28. The van der Waals surface area contributed by atoms with Crippen molar-refractivity contribution in [3.8, 4) is 0 Å². The number of rotatable bonds is 4. The fraction of sp³-hybridized carbons (Fsp3) is 0.600. The van der Waals surface area contributed by atoms with E-state index >= 15 is 0 Å². The Balaban J connectivity index is 1.75. The Labute approximate surface area is 126 Å². The zero-order valence-electron chi connectivity index (χ0n) is 12.6. The normalized spacial score (nSPS) is 30.3. The lowest BCUT2D eigenvalue weighted by atomic mass is 9.57. The van der Waals surface area contributed by atoms with Crippen molar-refractivity contribution < 1.29 is 13.2 Å². The highest BCUT2D eigenvalue weighted by Crippen LogP contribution is 2.53. The van der Waals surface area contributed by atoms with Crippen LogP contribution in [0.5, 0.6) is 0 Å². The maximum atomic E-state index is 11.3. The van der Waals surface area contributed by atoms with Crippen molar-refractivity contribution in [3.05, 3.63) is 24.3 Å². The first-order chi connectivity index (χ1) is 9.77. The van der Waals surface area contributed by atoms with Crippen LogP contribution in [0.3, 0.4) is 0 Å². The molecule has 0 aromatic heterocycles. The van der Waals surface area contributed by atoms with Gasteiger partial charge in [-0.2, -0.15) is 0 Å². The highest BCUT2D eigenvalue weighted by molar-refractivity contribution is 7.92. The molecule has 6 heteroatoms. The van der Waals surface area contributed by atoms with E-state index in [-0.39, 0.29) is 5.41 Å². The molecule has 2 aliphatic rings. The lowest BCUT2D eigenvalue weighted by Gasteiger charge is -2.55. The minimum Gasteiger partial charge on any atom is -0.381 e. The summed E-state index contributed by atoms with van der Waals surface area (Å²) < 4.78 is 30.9. The topological polar surface area (TPSA) is 67.4 Å². The Morgan fingerprint density at radius 1 is 1.29 bits per heavy atom. The average Bonchev–Trinajstić information content (AvgIpc) is 2.81. The number of ether oxygens (including phenoxy) is 1. The molecular weight excluding hydrogens is 288 g/mol. The van der Waals surface area contributed by atoms with E-state index in [2.05, 4.69) is 23.9 Å². The van der Waals surface area contributed by atoms with Gasteiger partial charge in [0.2, 0.25) is 10.0 Å². The Kier molecular flexibility index (Phi) is 3.41. The number of nitrogens with one attached hydrogen (secondary N) is 2. The van der Waals surface area contributed by atoms with Gasteiger partial charge >= 0.3 is 0 Å². The van der Waals surface area contributed by atoms with Crippen LogP contribution in [0, 0.1) is 11.3 Å². The van der Waals surface area contributed by atoms with E-state index in [4.69, 9.17) is 4.74 Å². The van der Waals surface area contributed by atoms with E-state index in [1.165, 1.54) is 0 Å². The molecule has 1 saturated carbocycles. The first kappa shape index (κ1) is 14.7. The van der Waals surface area contributed by atoms with Gasteiger partial charge in [0, 0.05) is 29.7 Å². The highest BCUT2D eigenvalue weighted by Gasteiger charge is 2.59. The molecule has 3 atom stereocenters. The standard InChI is InChI=1S/C15H22N2O3S/c1-15(2)13(12-7-8-20-14(12)15)16-10-5-4-6-11(9-10)17-21(3,18)19/h4-6,9,12-14,16-17H,7-8H2,1-3H3. The van der Waals surface area contributed by atoms with Gasteiger partial charge in [-0.1, -0.05) is 19.9 Å². The first-order valence-corrected chi connectivity index (χ1v) is 9.12. The molecule has 0 spiro atoms. The Bertz CT molecular complexity index is 642. The summed E-state index contributed by atoms with van der Waals surface area (Å²) in [6.07, 6.45) is 2.59. The molecular formula is C15H22N2O3S. The largest absolute Gasteiger partial charge is 0.381 e. The molecule has 5 nitrogen and oxygen atoms in total. The summed E-state index contributed by atoms with van der Waals surface area (Å²) >= 11 is 0. The van der Waals surface area contributed by atoms with Crippen molar-refractivity contribution in [2.24, 2.45) is 11.3 Å². The molecule has 21 heavy (non-hydrogen) atoms. The fourth-order valence-corrected chi connectivity index (χ4v) is 4.24. The number of benzene rings is 1. The third kappa shape index (κ3) is 2.74. The summed E-state index contributed by atoms with van der Waals surface area (Å²) in [5.74, 6) is 0.548. The monoisotopic (exact) mass is 310 g/mol. The zero-order chi connectivity index (χ0) is 15.3. The van der Waals surface area contributed by atoms with E-state index in [0.29, 0.717) is 23.8 Å². The number of anilines is 2. The molecule has 3 rings (SSSR count). The smallest absolute Gasteiger partial charge is 0.229 e. The molecule has 1 heterocycles. The number of hydrogen-bond acceptors (Lipinski definition) is 4. The van der Waals surface area contributed by atoms with Crippen LogP contribution >= 0.6 is 0 Å². The predicted octanol–water partition coefficient (Wildman–Crippen LogP) is 2.28. The van der Waals surface area contributed by atoms with Crippen LogP contribution in [0.2, 0.25) is 0 Å². The van der Waals surface area contributed by atoms with E-state index in [1.54, 1.807) is 6.07 Å². The van der Waals surface area contributed by atoms with E-state index in [9.17, 15) is 8.42 Å². The Hall–Kier alpha value is -1.27. The SMILES string of the molecule is CC1(C)C(Nc2cccc(NS(C)(=O)=O)c2)C2CCOC21. The van der Waals surface area contributed by atoms with Gasteiger partial charge in [-0.15, -0.1) is 0 Å². The molecule has 1 aliphatic heterocycles. The van der Waals surface area contributed by atoms with Crippen molar-refractivity contribution in [2.75, 3.05) is 22.9 Å². The van der Waals surface area contributed by atoms with Crippen LogP contribution in [0.15, 0.2) is 24.3 Å². The minimum atomic E-state index is -3.25. The third-order valence-electron chi connectivity index (χ3n) is 4.59. The van der Waals surface area contributed by atoms with Gasteiger partial charge < -0.3 is 10.1 Å². The van der Waals surface area contributed by atoms with E-state index in [1.807, 2.05) is 18.2 Å². The average molecular weight is 310 g/mol. The van der Waals surface area contributed by atoms with Crippen LogP contribution in [-0.4, -0.2) is 33.4 Å². The second-order valence-corrected chi connectivity index (χ2v) is 8.39. The molecule has 1 aromatic carbocycles. The third-order valence-corrected chi connectivity index (χ3v) is 5.19. The summed E-state index contributed by atoms with van der Waals surface area (Å²) in [7, 11) is -3.25. The number of fused-ring (bicyclic) bond motifs is 1. The highest BCUT2D eigenvalue weighted by atomic mass is 32.2. The molecule has 0 amide bonds. The molecule has 0 radical (unpaired) electrons. The van der Waals surface area contributed by atoms with Crippen molar-refractivity contribution in [3.63, 3.8) is 0 Å². The zero-order valence-corrected chi connectivity index (χ0v) is 13.4. The van der Waals surface area contributed by atoms with Gasteiger partial charge in [0.05, 0.1) is 18.0 Å². The molecule has 0 bridgehead atoms. The van der Waals surface area contributed by atoms with Crippen molar-refractivity contribution in [2.45, 2.75) is 32.4 Å². The van der Waals surface area contributed by atoms with Crippen LogP contribution in [0.4, 0.5) is 11.4 Å². The van der Waals surface area contributed by atoms with Gasteiger partial charge in [0.15, 0.2) is 0 Å². The summed E-state index contributed by atoms with van der Waals surface area (Å²) in [6, 6.07) is 7.76. The van der Waals surface area contributed by atoms with Gasteiger partial charge in [-0.25, -0.2) is 8.42 Å². The van der Waals surface area contributed by atoms with Crippen LogP contribution in [0.25, 0.3) is 0 Å². The van der Waals surface area contributed by atoms with Gasteiger partial charge in [0.1, 0.15) is 0 Å². The molecule has 3 unspecified atom stereocenters. The fourth-order valence-electron chi connectivity index (χ4n) is 3.68. The van der Waals surface area contributed by atoms with Crippen molar-refractivity contribution >= 4 is 21.4 Å². The lowest BCUT2D eigenvalue weighted by molar-refractivity contribution is -0.0923. The minimum absolute atomic E-state index is 0.0986. The molecule has 1 aromatic rings. The van der Waals surface area contributed by atoms with Crippen LogP contribution in [0.1, 0.15) is 20.3 Å². The van der Waals surface area contributed by atoms with Crippen molar-refractivity contribution in [1.82, 2.24) is 0 Å². The molecule has 116 valence electrons. The first-order valence-electron chi connectivity index (χ1n) is 7.23. The maximum Gasteiger partial charge on any atom is 0.229 e. The molecule has 2 fully saturated rings. The molecule has 1 aliphatic carbocycles. The number of sulfonamides is 1. The number of hydrogen-bond donors (Lipinski definition) is 2. The summed E-state index contributed by atoms with van der Waals surface area (Å²) in [5.41, 5.74) is 1.62. The van der Waals surface area contributed by atoms with Gasteiger partial charge in [-0.05, 0) is 24.6 Å². The Morgan fingerprint density at radius 2 is 2.00 bits per heavy atom. The quantitative estimate of drug-likeness (QED) is 0.895. The van der Waals surface area contributed by atoms with Gasteiger partial charge in [-0.3, -0.25) is 4.72 Å². The van der Waals surface area contributed by atoms with E-state index < -0.39 is 10.0 Å².